The topological polar surface area (TPSA) is 101 Å². The quantitative estimate of drug-likeness (QED) is 0.652. The van der Waals surface area contributed by atoms with Crippen LogP contribution in [0.5, 0.6) is 0 Å². The molecule has 26 heavy (non-hydrogen) atoms. The zero-order valence-corrected chi connectivity index (χ0v) is 16.6. The first-order chi connectivity index (χ1) is 12.2. The normalized spacial score (nSPS) is 21.3. The van der Waals surface area contributed by atoms with Gasteiger partial charge in [-0.1, -0.05) is 19.1 Å². The Hall–Kier alpha value is -1.54. The van der Waals surface area contributed by atoms with Gasteiger partial charge in [0.05, 0.1) is 21.8 Å². The molecule has 1 saturated carbocycles. The number of sulfone groups is 1. The Morgan fingerprint density at radius 3 is 2.62 bits per heavy atom. The van der Waals surface area contributed by atoms with E-state index >= 15 is 0 Å². The summed E-state index contributed by atoms with van der Waals surface area (Å²) < 4.78 is 24.8. The number of carbonyl (C=O) groups excluding carboxylic acids is 1. The molecular formula is C18H25NO5S2. The minimum Gasteiger partial charge on any atom is -0.481 e. The highest BCUT2D eigenvalue weighted by molar-refractivity contribution is 8.01. The Kier molecular flexibility index (Phi) is 7.11. The van der Waals surface area contributed by atoms with E-state index in [1.54, 1.807) is 31.2 Å². The third kappa shape index (κ3) is 5.23. The van der Waals surface area contributed by atoms with Crippen LogP contribution in [0.25, 0.3) is 0 Å². The van der Waals surface area contributed by atoms with Crippen molar-refractivity contribution in [2.45, 2.75) is 60.6 Å². The zero-order chi connectivity index (χ0) is 19.3. The second-order valence-corrected chi connectivity index (χ2v) is 10.0. The molecule has 1 aromatic carbocycles. The molecule has 2 rings (SSSR count). The SMILES string of the molecule is CCCS(=O)(=O)c1ccccc1SC(C)C(=O)N[C@H]1CC[C@@H](C(=O)O)C1. The minimum atomic E-state index is -3.37. The van der Waals surface area contributed by atoms with Gasteiger partial charge >= 0.3 is 5.97 Å². The summed E-state index contributed by atoms with van der Waals surface area (Å²) in [5.41, 5.74) is 0. The lowest BCUT2D eigenvalue weighted by Gasteiger charge is -2.18. The Labute approximate surface area is 158 Å². The maximum absolute atomic E-state index is 12.4. The smallest absolute Gasteiger partial charge is 0.306 e. The Morgan fingerprint density at radius 1 is 1.31 bits per heavy atom. The molecule has 1 aliphatic carbocycles. The molecule has 8 heteroatoms. The van der Waals surface area contributed by atoms with Gasteiger partial charge in [-0.05, 0) is 44.7 Å². The van der Waals surface area contributed by atoms with E-state index in [1.165, 1.54) is 11.8 Å². The van der Waals surface area contributed by atoms with Gasteiger partial charge in [-0.3, -0.25) is 9.59 Å². The fourth-order valence-corrected chi connectivity index (χ4v) is 5.92. The van der Waals surface area contributed by atoms with Crippen molar-refractivity contribution in [3.63, 3.8) is 0 Å². The van der Waals surface area contributed by atoms with Crippen LogP contribution < -0.4 is 5.32 Å². The largest absolute Gasteiger partial charge is 0.481 e. The summed E-state index contributed by atoms with van der Waals surface area (Å²) in [7, 11) is -3.37. The van der Waals surface area contributed by atoms with Gasteiger partial charge in [-0.15, -0.1) is 11.8 Å². The van der Waals surface area contributed by atoms with Crippen LogP contribution in [-0.4, -0.2) is 42.4 Å². The molecule has 0 aromatic heterocycles. The summed E-state index contributed by atoms with van der Waals surface area (Å²) in [5, 5.41) is 11.5. The van der Waals surface area contributed by atoms with Gasteiger partial charge in [-0.25, -0.2) is 8.42 Å². The maximum Gasteiger partial charge on any atom is 0.306 e. The summed E-state index contributed by atoms with van der Waals surface area (Å²) >= 11 is 1.21. The van der Waals surface area contributed by atoms with Crippen LogP contribution in [0, 0.1) is 5.92 Å². The number of hydrogen-bond acceptors (Lipinski definition) is 5. The first-order valence-corrected chi connectivity index (χ1v) is 11.3. The molecule has 0 bridgehead atoms. The molecular weight excluding hydrogens is 374 g/mol. The van der Waals surface area contributed by atoms with Crippen LogP contribution in [0.1, 0.15) is 39.5 Å². The number of thioether (sulfide) groups is 1. The van der Waals surface area contributed by atoms with Crippen LogP contribution in [0.15, 0.2) is 34.1 Å². The second kappa shape index (κ2) is 8.90. The van der Waals surface area contributed by atoms with Crippen molar-refractivity contribution in [2.75, 3.05) is 5.75 Å². The Balaban J connectivity index is 2.03. The maximum atomic E-state index is 12.4. The number of amides is 1. The molecule has 1 unspecified atom stereocenters. The molecule has 1 fully saturated rings. The van der Waals surface area contributed by atoms with Crippen molar-refractivity contribution in [2.24, 2.45) is 5.92 Å². The predicted molar refractivity (Wildman–Crippen MR) is 101 cm³/mol. The van der Waals surface area contributed by atoms with Gasteiger partial charge in [-0.2, -0.15) is 0 Å². The third-order valence-electron chi connectivity index (χ3n) is 4.46. The number of carbonyl (C=O) groups is 2. The highest BCUT2D eigenvalue weighted by atomic mass is 32.2. The number of carboxylic acid groups (broad SMARTS) is 1. The van der Waals surface area contributed by atoms with Crippen molar-refractivity contribution in [1.82, 2.24) is 5.32 Å². The first-order valence-electron chi connectivity index (χ1n) is 8.76. The number of nitrogens with one attached hydrogen (secondary N) is 1. The van der Waals surface area contributed by atoms with Gasteiger partial charge in [0, 0.05) is 10.9 Å². The molecule has 0 saturated heterocycles. The number of benzene rings is 1. The first kappa shape index (κ1) is 20.8. The van der Waals surface area contributed by atoms with Crippen molar-refractivity contribution in [3.05, 3.63) is 24.3 Å². The molecule has 0 aliphatic heterocycles. The minimum absolute atomic E-state index is 0.0732. The molecule has 3 atom stereocenters. The Morgan fingerprint density at radius 2 is 2.00 bits per heavy atom. The van der Waals surface area contributed by atoms with Gasteiger partial charge in [0.2, 0.25) is 5.91 Å². The average Bonchev–Trinajstić information content (AvgIpc) is 3.04. The molecule has 1 aliphatic rings. The molecule has 6 nitrogen and oxygen atoms in total. The van der Waals surface area contributed by atoms with Gasteiger partial charge in [0.25, 0.3) is 0 Å². The van der Waals surface area contributed by atoms with Gasteiger partial charge in [0.1, 0.15) is 0 Å². The van der Waals surface area contributed by atoms with Crippen LogP contribution in [-0.2, 0) is 19.4 Å². The van der Waals surface area contributed by atoms with Gasteiger partial charge in [0.15, 0.2) is 9.84 Å². The molecule has 0 spiro atoms. The van der Waals surface area contributed by atoms with Crippen molar-refractivity contribution in [3.8, 4) is 0 Å². The highest BCUT2D eigenvalue weighted by Gasteiger charge is 2.31. The molecule has 1 amide bonds. The zero-order valence-electron chi connectivity index (χ0n) is 15.0. The van der Waals surface area contributed by atoms with Gasteiger partial charge < -0.3 is 10.4 Å². The molecule has 0 heterocycles. The second-order valence-electron chi connectivity index (χ2n) is 6.58. The fourth-order valence-electron chi connectivity index (χ4n) is 3.08. The van der Waals surface area contributed by atoms with Crippen molar-refractivity contribution in [1.29, 1.82) is 0 Å². The fraction of sp³-hybridized carbons (Fsp3) is 0.556. The summed E-state index contributed by atoms with van der Waals surface area (Å²) in [4.78, 5) is 24.3. The Bertz CT molecular complexity index is 763. The summed E-state index contributed by atoms with van der Waals surface area (Å²) in [6, 6.07) is 6.60. The lowest BCUT2D eigenvalue weighted by Crippen LogP contribution is -2.38. The highest BCUT2D eigenvalue weighted by Crippen LogP contribution is 2.31. The van der Waals surface area contributed by atoms with Crippen molar-refractivity contribution < 1.29 is 23.1 Å². The summed E-state index contributed by atoms with van der Waals surface area (Å²) in [6.07, 6.45) is 2.20. The van der Waals surface area contributed by atoms with Crippen LogP contribution >= 0.6 is 11.8 Å². The number of hydrogen-bond donors (Lipinski definition) is 2. The van der Waals surface area contributed by atoms with Crippen LogP contribution in [0.3, 0.4) is 0 Å². The monoisotopic (exact) mass is 399 g/mol. The van der Waals surface area contributed by atoms with Crippen LogP contribution in [0.2, 0.25) is 0 Å². The molecule has 0 radical (unpaired) electrons. The van der Waals surface area contributed by atoms with E-state index in [0.29, 0.717) is 30.6 Å². The van der Waals surface area contributed by atoms with E-state index in [0.717, 1.165) is 0 Å². The van der Waals surface area contributed by atoms with E-state index in [4.69, 9.17) is 5.11 Å². The standard InChI is InChI=1S/C18H25NO5S2/c1-3-10-26(23,24)16-7-5-4-6-15(16)25-12(2)17(20)19-14-9-8-13(11-14)18(21)22/h4-7,12-14H,3,8-11H2,1-2H3,(H,19,20)(H,21,22)/t12?,13-,14+/m1/s1. The molecule has 144 valence electrons. The number of rotatable bonds is 8. The lowest BCUT2D eigenvalue weighted by molar-refractivity contribution is -0.141. The summed E-state index contributed by atoms with van der Waals surface area (Å²) in [6.45, 7) is 3.54. The van der Waals surface area contributed by atoms with E-state index in [9.17, 15) is 18.0 Å². The van der Waals surface area contributed by atoms with Crippen molar-refractivity contribution >= 4 is 33.5 Å². The predicted octanol–water partition coefficient (Wildman–Crippen LogP) is 2.72. The third-order valence-corrected chi connectivity index (χ3v) is 7.74. The summed E-state index contributed by atoms with van der Waals surface area (Å²) in [5.74, 6) is -1.35. The average molecular weight is 400 g/mol. The number of aliphatic carboxylic acids is 1. The molecule has 2 N–H and O–H groups in total. The lowest BCUT2D eigenvalue weighted by atomic mass is 10.1. The van der Waals surface area contributed by atoms with E-state index in [2.05, 4.69) is 5.32 Å². The number of carboxylic acids is 1. The van der Waals surface area contributed by atoms with E-state index < -0.39 is 27.0 Å². The van der Waals surface area contributed by atoms with E-state index in [-0.39, 0.29) is 22.6 Å². The molecule has 1 aromatic rings. The van der Waals surface area contributed by atoms with E-state index in [1.807, 2.05) is 6.92 Å². The van der Waals surface area contributed by atoms with Crippen LogP contribution in [0.4, 0.5) is 0 Å².